The van der Waals surface area contributed by atoms with Crippen LogP contribution in [0.3, 0.4) is 0 Å². The lowest BCUT2D eigenvalue weighted by molar-refractivity contribution is 0.660. The first-order chi connectivity index (χ1) is 27.3. The first-order valence-corrected chi connectivity index (χ1v) is 20.0. The van der Waals surface area contributed by atoms with Crippen molar-refractivity contribution in [2.75, 3.05) is 4.90 Å². The van der Waals surface area contributed by atoms with Crippen molar-refractivity contribution in [1.82, 2.24) is 0 Å². The molecule has 0 atom stereocenters. The van der Waals surface area contributed by atoms with Crippen molar-refractivity contribution in [3.63, 3.8) is 0 Å². The quantitative estimate of drug-likeness (QED) is 0.176. The maximum Gasteiger partial charge on any atom is 0.0726 e. The molecule has 0 aliphatic heterocycles. The van der Waals surface area contributed by atoms with E-state index in [1.807, 2.05) is 0 Å². The van der Waals surface area contributed by atoms with Gasteiger partial charge in [0.25, 0.3) is 0 Å². The lowest BCUT2D eigenvalue weighted by Gasteiger charge is -2.34. The molecule has 1 heteroatoms. The summed E-state index contributed by atoms with van der Waals surface area (Å²) in [6.07, 6.45) is 0. The summed E-state index contributed by atoms with van der Waals surface area (Å²) in [5.41, 5.74) is 24.5. The fraction of sp³-hybridized carbons (Fsp3) is 0.127. The fourth-order valence-corrected chi connectivity index (χ4v) is 11.6. The number of hydrogen-bond acceptors (Lipinski definition) is 1. The zero-order valence-electron chi connectivity index (χ0n) is 32.2. The summed E-state index contributed by atoms with van der Waals surface area (Å²) in [5, 5.41) is 0. The largest absolute Gasteiger partial charge is 0.310 e. The van der Waals surface area contributed by atoms with Gasteiger partial charge in [0.05, 0.1) is 16.8 Å². The van der Waals surface area contributed by atoms with Crippen LogP contribution >= 0.6 is 0 Å². The second kappa shape index (κ2) is 10.9. The van der Waals surface area contributed by atoms with Gasteiger partial charge in [-0.3, -0.25) is 0 Å². The molecule has 1 nitrogen and oxygen atoms in total. The Labute approximate surface area is 329 Å². The molecule has 0 bridgehead atoms. The van der Waals surface area contributed by atoms with Gasteiger partial charge in [0.1, 0.15) is 0 Å². The summed E-state index contributed by atoms with van der Waals surface area (Å²) in [4.78, 5) is 2.61. The second-order valence-corrected chi connectivity index (χ2v) is 17.2. The SMILES string of the molecule is CC1(C)c2ccccc2-c2cc(N(c3cccc4c3-c3ccccc3C43c4ccccc4-c4ccccc43)c3cccc4c3C(C)(C)c3ccccc3-4)ccc21. The van der Waals surface area contributed by atoms with Crippen molar-refractivity contribution >= 4 is 17.1 Å². The molecule has 0 saturated carbocycles. The molecular weight excluding hydrogens is 675 g/mol. The third-order valence-electron chi connectivity index (χ3n) is 13.9. The van der Waals surface area contributed by atoms with E-state index in [1.54, 1.807) is 0 Å². The lowest BCUT2D eigenvalue weighted by Crippen LogP contribution is -2.26. The van der Waals surface area contributed by atoms with Gasteiger partial charge in [-0.1, -0.05) is 179 Å². The Morgan fingerprint density at radius 3 is 1.39 bits per heavy atom. The molecule has 0 fully saturated rings. The molecule has 0 saturated heterocycles. The Kier molecular flexibility index (Phi) is 6.18. The molecule has 0 N–H and O–H groups in total. The molecule has 1 spiro atoms. The number of hydrogen-bond donors (Lipinski definition) is 0. The summed E-state index contributed by atoms with van der Waals surface area (Å²) in [7, 11) is 0. The summed E-state index contributed by atoms with van der Waals surface area (Å²) < 4.78 is 0. The van der Waals surface area contributed by atoms with Crippen LogP contribution < -0.4 is 4.90 Å². The van der Waals surface area contributed by atoms with Gasteiger partial charge in [-0.2, -0.15) is 0 Å². The Balaban J connectivity index is 1.19. The van der Waals surface area contributed by atoms with Gasteiger partial charge in [-0.25, -0.2) is 0 Å². The summed E-state index contributed by atoms with van der Waals surface area (Å²) in [6, 6.07) is 66.8. The second-order valence-electron chi connectivity index (χ2n) is 17.2. The fourth-order valence-electron chi connectivity index (χ4n) is 11.6. The van der Waals surface area contributed by atoms with Crippen molar-refractivity contribution in [3.8, 4) is 44.5 Å². The predicted molar refractivity (Wildman–Crippen MR) is 233 cm³/mol. The minimum Gasteiger partial charge on any atom is -0.310 e. The van der Waals surface area contributed by atoms with E-state index in [1.165, 1.54) is 106 Å². The molecule has 4 aliphatic rings. The molecule has 8 aromatic rings. The molecule has 12 rings (SSSR count). The van der Waals surface area contributed by atoms with Gasteiger partial charge in [-0.05, 0) is 108 Å². The van der Waals surface area contributed by atoms with E-state index < -0.39 is 5.41 Å². The Morgan fingerprint density at radius 1 is 0.321 bits per heavy atom. The number of rotatable bonds is 3. The van der Waals surface area contributed by atoms with Crippen LogP contribution in [0.4, 0.5) is 17.1 Å². The van der Waals surface area contributed by atoms with Crippen molar-refractivity contribution in [2.24, 2.45) is 0 Å². The third kappa shape index (κ3) is 3.76. The number of anilines is 3. The number of fused-ring (bicyclic) bond motifs is 16. The number of nitrogens with zero attached hydrogens (tertiary/aromatic N) is 1. The molecule has 56 heavy (non-hydrogen) atoms. The maximum atomic E-state index is 2.61. The van der Waals surface area contributed by atoms with Crippen molar-refractivity contribution < 1.29 is 0 Å². The molecule has 266 valence electrons. The van der Waals surface area contributed by atoms with E-state index in [2.05, 4.69) is 209 Å². The molecule has 8 aromatic carbocycles. The van der Waals surface area contributed by atoms with E-state index >= 15 is 0 Å². The third-order valence-corrected chi connectivity index (χ3v) is 13.9. The van der Waals surface area contributed by atoms with Crippen LogP contribution in [0.25, 0.3) is 44.5 Å². The van der Waals surface area contributed by atoms with Crippen LogP contribution in [0.1, 0.15) is 72.2 Å². The highest BCUT2D eigenvalue weighted by atomic mass is 15.2. The maximum absolute atomic E-state index is 2.61. The smallest absolute Gasteiger partial charge is 0.0726 e. The Bertz CT molecular complexity index is 2950. The Morgan fingerprint density at radius 2 is 0.750 bits per heavy atom. The van der Waals surface area contributed by atoms with Crippen molar-refractivity contribution in [1.29, 1.82) is 0 Å². The van der Waals surface area contributed by atoms with Crippen LogP contribution in [-0.4, -0.2) is 0 Å². The molecule has 0 heterocycles. The summed E-state index contributed by atoms with van der Waals surface area (Å²) >= 11 is 0. The molecular formula is C55H41N. The van der Waals surface area contributed by atoms with E-state index in [4.69, 9.17) is 0 Å². The molecule has 0 amide bonds. The number of benzene rings is 8. The standard InChI is InChI=1S/C55H41N/c1-53(2)42-23-10-6-20-38(42)41-33-34(31-32-44(41)53)56(50-30-15-22-39-37-19-5-11-24-43(37)54(3,4)52(39)50)49-29-16-28-48-51(49)40-21-9-14-27-47(40)55(48)45-25-12-7-17-35(45)36-18-8-13-26-46(36)55/h5-33H,1-4H3. The predicted octanol–water partition coefficient (Wildman–Crippen LogP) is 14.1. The average Bonchev–Trinajstić information content (AvgIpc) is 3.87. The topological polar surface area (TPSA) is 3.24 Å². The average molecular weight is 716 g/mol. The highest BCUT2D eigenvalue weighted by molar-refractivity contribution is 6.02. The first-order valence-electron chi connectivity index (χ1n) is 20.0. The van der Waals surface area contributed by atoms with Gasteiger partial charge in [-0.15, -0.1) is 0 Å². The van der Waals surface area contributed by atoms with Crippen LogP contribution in [-0.2, 0) is 16.2 Å². The summed E-state index contributed by atoms with van der Waals surface area (Å²) in [6.45, 7) is 9.56. The molecule has 0 aromatic heterocycles. The minimum atomic E-state index is -0.421. The van der Waals surface area contributed by atoms with E-state index in [0.717, 1.165) is 0 Å². The van der Waals surface area contributed by atoms with Crippen LogP contribution in [0.2, 0.25) is 0 Å². The van der Waals surface area contributed by atoms with Crippen LogP contribution in [0.5, 0.6) is 0 Å². The lowest BCUT2D eigenvalue weighted by atomic mass is 9.70. The molecule has 0 unspecified atom stereocenters. The monoisotopic (exact) mass is 715 g/mol. The zero-order chi connectivity index (χ0) is 37.6. The highest BCUT2D eigenvalue weighted by Crippen LogP contribution is 2.65. The van der Waals surface area contributed by atoms with Gasteiger partial charge < -0.3 is 4.90 Å². The van der Waals surface area contributed by atoms with Crippen LogP contribution in [0.15, 0.2) is 176 Å². The van der Waals surface area contributed by atoms with Gasteiger partial charge in [0, 0.05) is 22.1 Å². The van der Waals surface area contributed by atoms with E-state index in [0.29, 0.717) is 0 Å². The van der Waals surface area contributed by atoms with Gasteiger partial charge in [0.15, 0.2) is 0 Å². The van der Waals surface area contributed by atoms with Gasteiger partial charge >= 0.3 is 0 Å². The summed E-state index contributed by atoms with van der Waals surface area (Å²) in [5.74, 6) is 0. The van der Waals surface area contributed by atoms with Gasteiger partial charge in [0.2, 0.25) is 0 Å². The van der Waals surface area contributed by atoms with Crippen molar-refractivity contribution in [3.05, 3.63) is 220 Å². The zero-order valence-corrected chi connectivity index (χ0v) is 32.2. The van der Waals surface area contributed by atoms with E-state index in [9.17, 15) is 0 Å². The highest BCUT2D eigenvalue weighted by Gasteiger charge is 2.52. The van der Waals surface area contributed by atoms with Crippen LogP contribution in [0, 0.1) is 0 Å². The first kappa shape index (κ1) is 31.9. The minimum absolute atomic E-state index is 0.0739. The van der Waals surface area contributed by atoms with Crippen molar-refractivity contribution in [2.45, 2.75) is 43.9 Å². The van der Waals surface area contributed by atoms with E-state index in [-0.39, 0.29) is 10.8 Å². The Hall–Kier alpha value is -6.44. The normalized spacial score (nSPS) is 15.9. The molecule has 0 radical (unpaired) electrons. The molecule has 4 aliphatic carbocycles.